The predicted octanol–water partition coefficient (Wildman–Crippen LogP) is 2.04. The maximum absolute atomic E-state index is 12.1. The van der Waals surface area contributed by atoms with Gasteiger partial charge in [-0.15, -0.1) is 0 Å². The summed E-state index contributed by atoms with van der Waals surface area (Å²) in [5.74, 6) is -0.316. The third-order valence-electron chi connectivity index (χ3n) is 2.34. The van der Waals surface area contributed by atoms with Gasteiger partial charge in [-0.05, 0) is 41.5 Å². The van der Waals surface area contributed by atoms with E-state index in [2.05, 4.69) is 0 Å². The molecule has 0 saturated carbocycles. The first kappa shape index (κ1) is 17.7. The van der Waals surface area contributed by atoms with E-state index in [4.69, 9.17) is 9.57 Å². The largest absolute Gasteiger partial charge is 0.444 e. The third-order valence-corrected chi connectivity index (χ3v) is 2.34. The van der Waals surface area contributed by atoms with Gasteiger partial charge in [-0.25, -0.2) is 9.86 Å². The molecule has 0 spiro atoms. The molecule has 0 heterocycles. The second kappa shape index (κ2) is 6.23. The van der Waals surface area contributed by atoms with Crippen molar-refractivity contribution in [2.24, 2.45) is 0 Å². The van der Waals surface area contributed by atoms with Crippen molar-refractivity contribution in [3.63, 3.8) is 0 Å². The van der Waals surface area contributed by atoms with Gasteiger partial charge in [0.25, 0.3) is 5.91 Å². The Balaban J connectivity index is 4.95. The summed E-state index contributed by atoms with van der Waals surface area (Å²) >= 11 is 0. The fourth-order valence-corrected chi connectivity index (χ4v) is 1.23. The van der Waals surface area contributed by atoms with Gasteiger partial charge >= 0.3 is 6.09 Å². The average molecular weight is 274 g/mol. The molecule has 2 amide bonds. The number of amides is 2. The molecule has 6 heteroatoms. The van der Waals surface area contributed by atoms with Gasteiger partial charge in [0.15, 0.2) is 0 Å². The molecule has 0 N–H and O–H groups in total. The van der Waals surface area contributed by atoms with Crippen LogP contribution >= 0.6 is 0 Å². The summed E-state index contributed by atoms with van der Waals surface area (Å²) in [4.78, 5) is 30.2. The molecule has 112 valence electrons. The van der Waals surface area contributed by atoms with Crippen molar-refractivity contribution in [1.29, 1.82) is 0 Å². The van der Waals surface area contributed by atoms with E-state index in [1.54, 1.807) is 20.8 Å². The highest BCUT2D eigenvalue weighted by Crippen LogP contribution is 2.18. The fourth-order valence-electron chi connectivity index (χ4n) is 1.23. The van der Waals surface area contributed by atoms with Crippen LogP contribution in [0.5, 0.6) is 0 Å². The lowest BCUT2D eigenvalue weighted by Crippen LogP contribution is -2.52. The van der Waals surface area contributed by atoms with Crippen LogP contribution in [0, 0.1) is 0 Å². The van der Waals surface area contributed by atoms with E-state index in [1.807, 2.05) is 20.8 Å². The summed E-state index contributed by atoms with van der Waals surface area (Å²) in [6.45, 7) is 10.8. The number of hydrogen-bond acceptors (Lipinski definition) is 4. The molecule has 0 saturated heterocycles. The maximum atomic E-state index is 12.1. The van der Waals surface area contributed by atoms with E-state index in [9.17, 15) is 9.59 Å². The van der Waals surface area contributed by atoms with Crippen LogP contribution in [0.25, 0.3) is 0 Å². The lowest BCUT2D eigenvalue weighted by molar-refractivity contribution is -0.170. The molecule has 0 unspecified atom stereocenters. The zero-order chi connectivity index (χ0) is 15.4. The Morgan fingerprint density at radius 3 is 1.84 bits per heavy atom. The first-order valence-corrected chi connectivity index (χ1v) is 6.20. The fraction of sp³-hybridized carbons (Fsp3) is 0.846. The molecular weight excluding hydrogens is 248 g/mol. The minimum absolute atomic E-state index is 0.0945. The molecule has 0 aromatic rings. The van der Waals surface area contributed by atoms with Crippen molar-refractivity contribution in [2.75, 3.05) is 20.7 Å². The van der Waals surface area contributed by atoms with E-state index < -0.39 is 17.2 Å². The van der Waals surface area contributed by atoms with Crippen LogP contribution in [-0.4, -0.2) is 53.8 Å². The Labute approximate surface area is 115 Å². The van der Waals surface area contributed by atoms with Gasteiger partial charge in [-0.1, -0.05) is 0 Å². The minimum Gasteiger partial charge on any atom is -0.444 e. The van der Waals surface area contributed by atoms with Crippen LogP contribution < -0.4 is 0 Å². The number of hydrogen-bond donors (Lipinski definition) is 0. The summed E-state index contributed by atoms with van der Waals surface area (Å²) in [6.07, 6.45) is -0.516. The molecule has 0 fully saturated rings. The molecular formula is C13H26N2O4. The standard InChI is InChI=1S/C13H26N2O4/c1-12(2,3)15(9-10(16)14(7)18-8)11(17)19-13(4,5)6/h9H2,1-8H3. The van der Waals surface area contributed by atoms with Gasteiger partial charge in [0.2, 0.25) is 0 Å². The number of carbonyl (C=O) groups is 2. The number of hydroxylamine groups is 2. The highest BCUT2D eigenvalue weighted by molar-refractivity contribution is 5.82. The van der Waals surface area contributed by atoms with Crippen molar-refractivity contribution in [2.45, 2.75) is 52.7 Å². The van der Waals surface area contributed by atoms with Gasteiger partial charge in [0.05, 0.1) is 7.11 Å². The van der Waals surface area contributed by atoms with E-state index >= 15 is 0 Å². The van der Waals surface area contributed by atoms with Gasteiger partial charge < -0.3 is 4.74 Å². The molecule has 0 atom stereocenters. The van der Waals surface area contributed by atoms with E-state index in [0.717, 1.165) is 5.06 Å². The van der Waals surface area contributed by atoms with Crippen LogP contribution in [0.3, 0.4) is 0 Å². The molecule has 0 rings (SSSR count). The number of ether oxygens (including phenoxy) is 1. The van der Waals surface area contributed by atoms with Crippen LogP contribution in [0.2, 0.25) is 0 Å². The molecule has 0 aromatic heterocycles. The molecule has 0 aromatic carbocycles. The van der Waals surface area contributed by atoms with E-state index in [0.29, 0.717) is 0 Å². The molecule has 6 nitrogen and oxygen atoms in total. The van der Waals surface area contributed by atoms with Gasteiger partial charge in [-0.2, -0.15) is 0 Å². The highest BCUT2D eigenvalue weighted by atomic mass is 16.7. The first-order valence-electron chi connectivity index (χ1n) is 6.20. The third kappa shape index (κ3) is 6.42. The zero-order valence-corrected chi connectivity index (χ0v) is 13.2. The molecule has 0 bridgehead atoms. The Morgan fingerprint density at radius 2 is 1.53 bits per heavy atom. The number of rotatable bonds is 3. The summed E-state index contributed by atoms with van der Waals surface area (Å²) in [7, 11) is 2.89. The van der Waals surface area contributed by atoms with Gasteiger partial charge in [-0.3, -0.25) is 14.5 Å². The smallest absolute Gasteiger partial charge is 0.411 e. The van der Waals surface area contributed by atoms with E-state index in [1.165, 1.54) is 19.1 Å². The van der Waals surface area contributed by atoms with Crippen molar-refractivity contribution in [1.82, 2.24) is 9.96 Å². The Hall–Kier alpha value is -1.30. The van der Waals surface area contributed by atoms with Gasteiger partial charge in [0, 0.05) is 12.6 Å². The molecule has 19 heavy (non-hydrogen) atoms. The number of carbonyl (C=O) groups excluding carboxylic acids is 2. The lowest BCUT2D eigenvalue weighted by atomic mass is 10.1. The SMILES string of the molecule is CON(C)C(=O)CN(C(=O)OC(C)(C)C)C(C)(C)C. The van der Waals surface area contributed by atoms with E-state index in [-0.39, 0.29) is 12.5 Å². The van der Waals surface area contributed by atoms with Crippen molar-refractivity contribution in [3.8, 4) is 0 Å². The first-order chi connectivity index (χ1) is 8.38. The predicted molar refractivity (Wildman–Crippen MR) is 72.5 cm³/mol. The number of likely N-dealkylation sites (N-methyl/N-ethyl adjacent to an activating group) is 1. The Kier molecular flexibility index (Phi) is 5.81. The van der Waals surface area contributed by atoms with Crippen LogP contribution in [0.1, 0.15) is 41.5 Å². The normalized spacial score (nSPS) is 12.0. The molecule has 0 aliphatic heterocycles. The monoisotopic (exact) mass is 274 g/mol. The van der Waals surface area contributed by atoms with Crippen molar-refractivity contribution in [3.05, 3.63) is 0 Å². The number of nitrogens with zero attached hydrogens (tertiary/aromatic N) is 2. The minimum atomic E-state index is -0.600. The second-order valence-corrected chi connectivity index (χ2v) is 6.31. The summed E-state index contributed by atoms with van der Waals surface area (Å²) in [6, 6.07) is 0. The summed E-state index contributed by atoms with van der Waals surface area (Å²) in [5, 5.41) is 1.09. The second-order valence-electron chi connectivity index (χ2n) is 6.31. The lowest BCUT2D eigenvalue weighted by Gasteiger charge is -2.36. The van der Waals surface area contributed by atoms with Gasteiger partial charge in [0.1, 0.15) is 12.1 Å². The molecule has 0 aliphatic carbocycles. The van der Waals surface area contributed by atoms with Crippen molar-refractivity contribution >= 4 is 12.0 Å². The average Bonchev–Trinajstić information content (AvgIpc) is 2.19. The molecule has 0 aliphatic rings. The van der Waals surface area contributed by atoms with Crippen LogP contribution in [0.4, 0.5) is 4.79 Å². The zero-order valence-electron chi connectivity index (χ0n) is 13.2. The topological polar surface area (TPSA) is 59.1 Å². The van der Waals surface area contributed by atoms with Crippen LogP contribution in [-0.2, 0) is 14.4 Å². The summed E-state index contributed by atoms with van der Waals surface area (Å²) < 4.78 is 5.32. The summed E-state index contributed by atoms with van der Waals surface area (Å²) in [5.41, 5.74) is -1.12. The Morgan fingerprint density at radius 1 is 1.05 bits per heavy atom. The maximum Gasteiger partial charge on any atom is 0.411 e. The van der Waals surface area contributed by atoms with Crippen molar-refractivity contribution < 1.29 is 19.2 Å². The highest BCUT2D eigenvalue weighted by Gasteiger charge is 2.32. The quantitative estimate of drug-likeness (QED) is 0.739. The molecule has 0 radical (unpaired) electrons. The van der Waals surface area contributed by atoms with Crippen LogP contribution in [0.15, 0.2) is 0 Å². The Bertz CT molecular complexity index is 329.